The first-order valence-electron chi connectivity index (χ1n) is 11.3. The topological polar surface area (TPSA) is 62.2 Å². The van der Waals surface area contributed by atoms with Crippen LogP contribution in [0.1, 0.15) is 29.3 Å². The van der Waals surface area contributed by atoms with Crippen molar-refractivity contribution in [2.45, 2.75) is 31.4 Å². The number of carbonyl (C=O) groups excluding carboxylic acids is 1. The van der Waals surface area contributed by atoms with E-state index in [1.54, 1.807) is 30.6 Å². The second-order valence-corrected chi connectivity index (χ2v) is 9.12. The fourth-order valence-corrected chi connectivity index (χ4v) is 5.08. The number of hydrogen-bond donors (Lipinski definition) is 1. The molecule has 0 unspecified atom stereocenters. The molecule has 1 aromatic carbocycles. The number of ether oxygens (including phenoxy) is 2. The highest BCUT2D eigenvalue weighted by Crippen LogP contribution is 2.35. The average Bonchev–Trinajstić information content (AvgIpc) is 3.30. The zero-order valence-corrected chi connectivity index (χ0v) is 20.1. The van der Waals surface area contributed by atoms with Crippen LogP contribution < -0.4 is 9.47 Å². The number of hydrogen-bond acceptors (Lipinski definition) is 6. The molecule has 0 spiro atoms. The van der Waals surface area contributed by atoms with Crippen molar-refractivity contribution in [3.8, 4) is 11.5 Å². The van der Waals surface area contributed by atoms with Gasteiger partial charge in [-0.05, 0) is 48.4 Å². The molecule has 7 heteroatoms. The number of carbonyl (C=O) groups is 1. The largest absolute Gasteiger partial charge is 0.493 e. The zero-order chi connectivity index (χ0) is 23.6. The maximum Gasteiger partial charge on any atom is 0.237 e. The van der Waals surface area contributed by atoms with Crippen molar-refractivity contribution >= 4 is 17.2 Å². The second-order valence-electron chi connectivity index (χ2n) is 8.12. The smallest absolute Gasteiger partial charge is 0.237 e. The molecular weight excluding hydrogens is 436 g/mol. The van der Waals surface area contributed by atoms with E-state index in [2.05, 4.69) is 24.6 Å². The fraction of sp³-hybridized carbons (Fsp3) is 0.423. The third-order valence-corrected chi connectivity index (χ3v) is 6.80. The van der Waals surface area contributed by atoms with Crippen molar-refractivity contribution in [1.82, 2.24) is 9.80 Å². The highest BCUT2D eigenvalue weighted by Gasteiger charge is 2.33. The molecule has 6 nitrogen and oxygen atoms in total. The van der Waals surface area contributed by atoms with Crippen molar-refractivity contribution < 1.29 is 19.4 Å². The van der Waals surface area contributed by atoms with E-state index >= 15 is 0 Å². The number of para-hydroxylation sites is 2. The number of aliphatic hydroxyl groups excluding tert-OH is 1. The summed E-state index contributed by atoms with van der Waals surface area (Å²) >= 11 is 1.73. The lowest BCUT2D eigenvalue weighted by atomic mass is 10.0. The zero-order valence-electron chi connectivity index (χ0n) is 19.3. The van der Waals surface area contributed by atoms with Gasteiger partial charge in [0.15, 0.2) is 11.5 Å². The van der Waals surface area contributed by atoms with Gasteiger partial charge in [-0.1, -0.05) is 24.3 Å². The molecule has 0 radical (unpaired) electrons. The number of nitrogens with zero attached hydrogens (tertiary/aromatic N) is 2. The Morgan fingerprint density at radius 1 is 1.30 bits per heavy atom. The molecule has 2 heterocycles. The van der Waals surface area contributed by atoms with Crippen LogP contribution in [0.5, 0.6) is 11.5 Å². The minimum Gasteiger partial charge on any atom is -0.493 e. The number of amides is 1. The predicted molar refractivity (Wildman–Crippen MR) is 133 cm³/mol. The molecule has 0 aliphatic carbocycles. The van der Waals surface area contributed by atoms with E-state index < -0.39 is 6.10 Å². The van der Waals surface area contributed by atoms with Gasteiger partial charge in [0.25, 0.3) is 0 Å². The van der Waals surface area contributed by atoms with Gasteiger partial charge in [0.2, 0.25) is 5.91 Å². The summed E-state index contributed by atoms with van der Waals surface area (Å²) in [6.45, 7) is 9.70. The quantitative estimate of drug-likeness (QED) is 0.447. The molecule has 2 atom stereocenters. The molecule has 178 valence electrons. The van der Waals surface area contributed by atoms with Crippen LogP contribution in [-0.2, 0) is 11.2 Å². The van der Waals surface area contributed by atoms with E-state index in [1.165, 1.54) is 4.88 Å². The van der Waals surface area contributed by atoms with Crippen LogP contribution >= 0.6 is 11.3 Å². The number of benzene rings is 1. The van der Waals surface area contributed by atoms with Crippen molar-refractivity contribution in [2.24, 2.45) is 0 Å². The molecule has 3 rings (SSSR count). The molecule has 2 aromatic rings. The first-order chi connectivity index (χ1) is 16.1. The van der Waals surface area contributed by atoms with E-state index in [1.807, 2.05) is 34.1 Å². The molecule has 1 aromatic heterocycles. The standard InChI is InChI=1S/C26H34N2O4S/c1-4-6-9-20(29)17-27(14-5-2)18-26(30)28-15-12-25-21(13-16-33-25)22(28)19-32-24-11-8-7-10-23(24)31-3/h4-5,7-8,10-11,13,16,20,22,29H,1-2,6,9,12,14-15,17-19H2,3H3/t20-,22-/m1/s1. The van der Waals surface area contributed by atoms with Crippen LogP contribution in [0, 0.1) is 0 Å². The van der Waals surface area contributed by atoms with Crippen molar-refractivity contribution in [3.05, 3.63) is 71.5 Å². The molecule has 1 aliphatic rings. The maximum absolute atomic E-state index is 13.4. The summed E-state index contributed by atoms with van der Waals surface area (Å²) < 4.78 is 11.6. The van der Waals surface area contributed by atoms with E-state index in [-0.39, 0.29) is 18.5 Å². The van der Waals surface area contributed by atoms with Gasteiger partial charge in [-0.2, -0.15) is 0 Å². The molecule has 0 bridgehead atoms. The van der Waals surface area contributed by atoms with Gasteiger partial charge in [-0.3, -0.25) is 9.69 Å². The Labute approximate surface area is 200 Å². The molecule has 1 N–H and O–H groups in total. The first kappa shape index (κ1) is 25.0. The lowest BCUT2D eigenvalue weighted by Crippen LogP contribution is -2.47. The van der Waals surface area contributed by atoms with Crippen molar-refractivity contribution in [1.29, 1.82) is 0 Å². The summed E-state index contributed by atoms with van der Waals surface area (Å²) in [5.74, 6) is 1.36. The third kappa shape index (κ3) is 6.69. The summed E-state index contributed by atoms with van der Waals surface area (Å²) in [6, 6.07) is 9.46. The Morgan fingerprint density at radius 2 is 2.09 bits per heavy atom. The molecule has 0 saturated heterocycles. The first-order valence-corrected chi connectivity index (χ1v) is 12.2. The van der Waals surface area contributed by atoms with Crippen LogP contribution in [0.3, 0.4) is 0 Å². The van der Waals surface area contributed by atoms with Gasteiger partial charge in [0, 0.05) is 24.5 Å². The van der Waals surface area contributed by atoms with Gasteiger partial charge in [-0.25, -0.2) is 0 Å². The summed E-state index contributed by atoms with van der Waals surface area (Å²) in [5.41, 5.74) is 1.15. The van der Waals surface area contributed by atoms with Crippen LogP contribution in [0.15, 0.2) is 61.0 Å². The lowest BCUT2D eigenvalue weighted by molar-refractivity contribution is -0.136. The number of methoxy groups -OCH3 is 1. The van der Waals surface area contributed by atoms with Gasteiger partial charge >= 0.3 is 0 Å². The summed E-state index contributed by atoms with van der Waals surface area (Å²) in [7, 11) is 1.62. The van der Waals surface area contributed by atoms with Gasteiger partial charge < -0.3 is 19.5 Å². The number of fused-ring (bicyclic) bond motifs is 1. The van der Waals surface area contributed by atoms with Gasteiger partial charge in [0.1, 0.15) is 6.61 Å². The van der Waals surface area contributed by atoms with Gasteiger partial charge in [-0.15, -0.1) is 24.5 Å². The van der Waals surface area contributed by atoms with E-state index in [0.29, 0.717) is 44.2 Å². The summed E-state index contributed by atoms with van der Waals surface area (Å²) in [5, 5.41) is 12.4. The Balaban J connectivity index is 1.72. The van der Waals surface area contributed by atoms with E-state index in [4.69, 9.17) is 9.47 Å². The molecule has 0 saturated carbocycles. The Morgan fingerprint density at radius 3 is 2.82 bits per heavy atom. The lowest BCUT2D eigenvalue weighted by Gasteiger charge is -2.37. The SMILES string of the molecule is C=CCC[C@@H](O)CN(CC=C)CC(=O)N1CCc2sccc2[C@H]1COc1ccccc1OC. The minimum absolute atomic E-state index is 0.0262. The highest BCUT2D eigenvalue weighted by molar-refractivity contribution is 7.10. The maximum atomic E-state index is 13.4. The van der Waals surface area contributed by atoms with Crippen LogP contribution in [0.2, 0.25) is 0 Å². The molecule has 33 heavy (non-hydrogen) atoms. The van der Waals surface area contributed by atoms with Gasteiger partial charge in [0.05, 0.1) is 25.8 Å². The monoisotopic (exact) mass is 470 g/mol. The molecule has 0 fully saturated rings. The average molecular weight is 471 g/mol. The fourth-order valence-electron chi connectivity index (χ4n) is 4.15. The Bertz CT molecular complexity index is 929. The van der Waals surface area contributed by atoms with Crippen molar-refractivity contribution in [3.63, 3.8) is 0 Å². The number of thiophene rings is 1. The normalized spacial score (nSPS) is 16.2. The molecule has 1 amide bonds. The molecular formula is C26H34N2O4S. The Kier molecular flexibility index (Phi) is 9.54. The molecule has 1 aliphatic heterocycles. The predicted octanol–water partition coefficient (Wildman–Crippen LogP) is 4.08. The number of aliphatic hydroxyl groups is 1. The number of rotatable bonds is 13. The van der Waals surface area contributed by atoms with Crippen molar-refractivity contribution in [2.75, 3.05) is 39.9 Å². The summed E-state index contributed by atoms with van der Waals surface area (Å²) in [6.07, 6.45) is 5.26. The Hall–Kier alpha value is -2.61. The second kappa shape index (κ2) is 12.6. The van der Waals surface area contributed by atoms with E-state index in [0.717, 1.165) is 18.4 Å². The van der Waals surface area contributed by atoms with Crippen LogP contribution in [0.25, 0.3) is 0 Å². The summed E-state index contributed by atoms with van der Waals surface area (Å²) in [4.78, 5) is 18.6. The minimum atomic E-state index is -0.509. The van der Waals surface area contributed by atoms with E-state index in [9.17, 15) is 9.90 Å². The van der Waals surface area contributed by atoms with Crippen LogP contribution in [-0.4, -0.2) is 66.8 Å². The van der Waals surface area contributed by atoms with Crippen LogP contribution in [0.4, 0.5) is 0 Å². The highest BCUT2D eigenvalue weighted by atomic mass is 32.1. The third-order valence-electron chi connectivity index (χ3n) is 5.80. The number of allylic oxidation sites excluding steroid dienone is 1.